The number of carboxylic acids is 1. The molecule has 100 valence electrons. The van der Waals surface area contributed by atoms with Crippen LogP contribution in [0.5, 0.6) is 0 Å². The highest BCUT2D eigenvalue weighted by molar-refractivity contribution is 9.11. The van der Waals surface area contributed by atoms with Crippen LogP contribution < -0.4 is 5.32 Å². The molecule has 0 aliphatic heterocycles. The number of pyridine rings is 1. The summed E-state index contributed by atoms with van der Waals surface area (Å²) in [7, 11) is 0. The fourth-order valence-corrected chi connectivity index (χ4v) is 2.66. The van der Waals surface area contributed by atoms with Gasteiger partial charge in [0.05, 0.1) is 5.69 Å². The lowest BCUT2D eigenvalue weighted by Gasteiger charge is -2.16. The number of carboxylic acid groups (broad SMARTS) is 1. The van der Waals surface area contributed by atoms with Crippen molar-refractivity contribution in [3.05, 3.63) is 26.9 Å². The van der Waals surface area contributed by atoms with Crippen molar-refractivity contribution >= 4 is 37.8 Å². The van der Waals surface area contributed by atoms with Crippen LogP contribution in [0.25, 0.3) is 0 Å². The lowest BCUT2D eigenvalue weighted by Crippen LogP contribution is -2.37. The Morgan fingerprint density at radius 2 is 2.17 bits per heavy atom. The van der Waals surface area contributed by atoms with Crippen LogP contribution in [0.3, 0.4) is 0 Å². The number of nitrogens with one attached hydrogen (secondary N) is 1. The van der Waals surface area contributed by atoms with Gasteiger partial charge in [-0.3, -0.25) is 15.1 Å². The number of rotatable bonds is 6. The van der Waals surface area contributed by atoms with Crippen molar-refractivity contribution in [3.8, 4) is 0 Å². The van der Waals surface area contributed by atoms with Crippen LogP contribution in [0.15, 0.2) is 21.2 Å². The molecule has 0 fully saturated rings. The van der Waals surface area contributed by atoms with E-state index in [-0.39, 0.29) is 0 Å². The smallest absolute Gasteiger partial charge is 0.320 e. The van der Waals surface area contributed by atoms with Crippen LogP contribution in [-0.2, 0) is 11.3 Å². The zero-order valence-electron chi connectivity index (χ0n) is 10.3. The van der Waals surface area contributed by atoms with Crippen molar-refractivity contribution in [2.75, 3.05) is 0 Å². The van der Waals surface area contributed by atoms with E-state index >= 15 is 0 Å². The normalized spacial score (nSPS) is 12.7. The average Bonchev–Trinajstić information content (AvgIpc) is 2.25. The van der Waals surface area contributed by atoms with Gasteiger partial charge in [-0.25, -0.2) is 0 Å². The van der Waals surface area contributed by atoms with Crippen LogP contribution in [0.4, 0.5) is 0 Å². The Kier molecular flexibility index (Phi) is 6.25. The van der Waals surface area contributed by atoms with E-state index in [1.54, 1.807) is 6.20 Å². The third kappa shape index (κ3) is 5.04. The van der Waals surface area contributed by atoms with E-state index in [0.29, 0.717) is 18.9 Å². The highest BCUT2D eigenvalue weighted by Crippen LogP contribution is 2.19. The predicted molar refractivity (Wildman–Crippen MR) is 77.4 cm³/mol. The summed E-state index contributed by atoms with van der Waals surface area (Å²) in [6.45, 7) is 4.44. The van der Waals surface area contributed by atoms with Gasteiger partial charge in [-0.1, -0.05) is 13.8 Å². The van der Waals surface area contributed by atoms with Crippen LogP contribution in [0, 0.1) is 5.92 Å². The molecule has 1 aromatic rings. The first-order valence-electron chi connectivity index (χ1n) is 5.66. The number of halogens is 2. The minimum absolute atomic E-state index is 0.333. The minimum Gasteiger partial charge on any atom is -0.480 e. The molecule has 0 bridgehead atoms. The summed E-state index contributed by atoms with van der Waals surface area (Å²) in [5, 5.41) is 12.1. The number of hydrogen-bond donors (Lipinski definition) is 2. The Labute approximate surface area is 123 Å². The molecule has 0 amide bonds. The van der Waals surface area contributed by atoms with Crippen molar-refractivity contribution in [1.82, 2.24) is 10.3 Å². The van der Waals surface area contributed by atoms with Crippen molar-refractivity contribution < 1.29 is 9.90 Å². The van der Waals surface area contributed by atoms with Gasteiger partial charge in [-0.15, -0.1) is 0 Å². The van der Waals surface area contributed by atoms with Gasteiger partial charge in [0.1, 0.15) is 6.04 Å². The van der Waals surface area contributed by atoms with Gasteiger partial charge in [-0.2, -0.15) is 0 Å². The van der Waals surface area contributed by atoms with E-state index in [4.69, 9.17) is 5.11 Å². The molecular formula is C12H16Br2N2O2. The molecule has 4 nitrogen and oxygen atoms in total. The van der Waals surface area contributed by atoms with Crippen LogP contribution in [0.1, 0.15) is 26.0 Å². The third-order valence-electron chi connectivity index (χ3n) is 2.41. The molecule has 1 aromatic heterocycles. The topological polar surface area (TPSA) is 62.2 Å². The Morgan fingerprint density at radius 1 is 1.50 bits per heavy atom. The second-order valence-electron chi connectivity index (χ2n) is 4.48. The Balaban J connectivity index is 2.64. The maximum absolute atomic E-state index is 11.1. The van der Waals surface area contributed by atoms with Crippen LogP contribution in [0.2, 0.25) is 0 Å². The second kappa shape index (κ2) is 7.21. The molecule has 0 saturated heterocycles. The van der Waals surface area contributed by atoms with E-state index in [1.807, 2.05) is 19.9 Å². The highest BCUT2D eigenvalue weighted by Gasteiger charge is 2.18. The quantitative estimate of drug-likeness (QED) is 0.796. The van der Waals surface area contributed by atoms with Gasteiger partial charge in [-0.05, 0) is 50.3 Å². The maximum Gasteiger partial charge on any atom is 0.320 e. The molecule has 2 N–H and O–H groups in total. The zero-order chi connectivity index (χ0) is 13.7. The van der Waals surface area contributed by atoms with Gasteiger partial charge in [0.25, 0.3) is 0 Å². The first-order chi connectivity index (χ1) is 8.40. The van der Waals surface area contributed by atoms with Gasteiger partial charge in [0, 0.05) is 21.7 Å². The van der Waals surface area contributed by atoms with Gasteiger partial charge >= 0.3 is 5.97 Å². The fourth-order valence-electron chi connectivity index (χ4n) is 1.54. The maximum atomic E-state index is 11.1. The summed E-state index contributed by atoms with van der Waals surface area (Å²) >= 11 is 6.73. The van der Waals surface area contributed by atoms with Crippen LogP contribution in [-0.4, -0.2) is 22.1 Å². The van der Waals surface area contributed by atoms with E-state index in [2.05, 4.69) is 42.2 Å². The summed E-state index contributed by atoms with van der Waals surface area (Å²) in [5.41, 5.74) is 0.799. The SMILES string of the molecule is CC(C)C[C@H](NCc1ncc(Br)cc1Br)C(=O)O. The largest absolute Gasteiger partial charge is 0.480 e. The van der Waals surface area contributed by atoms with Crippen molar-refractivity contribution in [2.24, 2.45) is 5.92 Å². The van der Waals surface area contributed by atoms with E-state index in [1.165, 1.54) is 0 Å². The molecule has 0 aliphatic carbocycles. The first kappa shape index (κ1) is 15.6. The van der Waals surface area contributed by atoms with E-state index in [0.717, 1.165) is 14.6 Å². The molecule has 0 saturated carbocycles. The summed E-state index contributed by atoms with van der Waals surface area (Å²) in [4.78, 5) is 15.3. The third-order valence-corrected chi connectivity index (χ3v) is 3.53. The standard InChI is InChI=1S/C12H16Br2N2O2/c1-7(2)3-10(12(17)18)16-6-11-9(14)4-8(13)5-15-11/h4-5,7,10,16H,3,6H2,1-2H3,(H,17,18)/t10-/m0/s1. The monoisotopic (exact) mass is 378 g/mol. The number of aromatic nitrogens is 1. The average molecular weight is 380 g/mol. The van der Waals surface area contributed by atoms with E-state index in [9.17, 15) is 4.79 Å². The number of aliphatic carboxylic acids is 1. The molecule has 0 spiro atoms. The highest BCUT2D eigenvalue weighted by atomic mass is 79.9. The molecule has 0 unspecified atom stereocenters. The second-order valence-corrected chi connectivity index (χ2v) is 6.25. The minimum atomic E-state index is -0.822. The molecule has 0 aliphatic rings. The molecule has 1 rings (SSSR count). The number of hydrogen-bond acceptors (Lipinski definition) is 3. The molecule has 1 heterocycles. The van der Waals surface area contributed by atoms with Gasteiger partial charge < -0.3 is 5.11 Å². The molecule has 0 radical (unpaired) electrons. The first-order valence-corrected chi connectivity index (χ1v) is 7.25. The van der Waals surface area contributed by atoms with Crippen molar-refractivity contribution in [2.45, 2.75) is 32.9 Å². The van der Waals surface area contributed by atoms with Crippen molar-refractivity contribution in [1.29, 1.82) is 0 Å². The molecule has 0 aromatic carbocycles. The Bertz CT molecular complexity index is 425. The lowest BCUT2D eigenvalue weighted by molar-refractivity contribution is -0.140. The van der Waals surface area contributed by atoms with Crippen molar-refractivity contribution in [3.63, 3.8) is 0 Å². The van der Waals surface area contributed by atoms with Gasteiger partial charge in [0.15, 0.2) is 0 Å². The summed E-state index contributed by atoms with van der Waals surface area (Å²) in [5.74, 6) is -0.489. The molecule has 1 atom stereocenters. The summed E-state index contributed by atoms with van der Waals surface area (Å²) < 4.78 is 1.74. The lowest BCUT2D eigenvalue weighted by atomic mass is 10.0. The zero-order valence-corrected chi connectivity index (χ0v) is 13.5. The fraction of sp³-hybridized carbons (Fsp3) is 0.500. The van der Waals surface area contributed by atoms with Crippen LogP contribution >= 0.6 is 31.9 Å². The molecule has 6 heteroatoms. The number of nitrogens with zero attached hydrogens (tertiary/aromatic N) is 1. The summed E-state index contributed by atoms with van der Waals surface area (Å²) in [6.07, 6.45) is 2.30. The number of carbonyl (C=O) groups is 1. The van der Waals surface area contributed by atoms with E-state index < -0.39 is 12.0 Å². The summed E-state index contributed by atoms with van der Waals surface area (Å²) in [6, 6.07) is 1.35. The molecule has 18 heavy (non-hydrogen) atoms. The Hall–Kier alpha value is -0.460. The molecular weight excluding hydrogens is 364 g/mol. The Morgan fingerprint density at radius 3 is 2.67 bits per heavy atom. The van der Waals surface area contributed by atoms with Gasteiger partial charge in [0.2, 0.25) is 0 Å². The predicted octanol–water partition coefficient (Wildman–Crippen LogP) is 3.20.